The van der Waals surface area contributed by atoms with Gasteiger partial charge in [0.15, 0.2) is 0 Å². The van der Waals surface area contributed by atoms with Crippen LogP contribution in [0.25, 0.3) is 0 Å². The minimum atomic E-state index is -0.912. The summed E-state index contributed by atoms with van der Waals surface area (Å²) in [6.45, 7) is 5.69. The molecule has 7 heteroatoms. The number of benzene rings is 2. The van der Waals surface area contributed by atoms with E-state index in [4.69, 9.17) is 0 Å². The number of nitro benzene ring substituents is 1. The number of anilines is 1. The van der Waals surface area contributed by atoms with Crippen molar-refractivity contribution in [1.29, 1.82) is 0 Å². The van der Waals surface area contributed by atoms with Crippen LogP contribution in [0.4, 0.5) is 21.5 Å². The van der Waals surface area contributed by atoms with Crippen LogP contribution in [0.3, 0.4) is 0 Å². The van der Waals surface area contributed by atoms with Crippen molar-refractivity contribution < 1.29 is 14.4 Å². The van der Waals surface area contributed by atoms with Crippen molar-refractivity contribution in [2.24, 2.45) is 4.99 Å². The number of hydrogen-bond acceptors (Lipinski definition) is 5. The molecule has 0 aliphatic carbocycles. The maximum Gasteiger partial charge on any atom is 0.306 e. The third kappa shape index (κ3) is 3.87. The van der Waals surface area contributed by atoms with Crippen molar-refractivity contribution in [1.82, 2.24) is 0 Å². The van der Waals surface area contributed by atoms with Crippen molar-refractivity contribution >= 4 is 23.3 Å². The summed E-state index contributed by atoms with van der Waals surface area (Å²) in [4.78, 5) is 16.1. The second-order valence-corrected chi connectivity index (χ2v) is 5.07. The average molecular weight is 331 g/mol. The summed E-state index contributed by atoms with van der Waals surface area (Å²) in [5, 5.41) is 20.8. The maximum absolute atomic E-state index is 13.3. The zero-order valence-corrected chi connectivity index (χ0v) is 13.4. The second kappa shape index (κ2) is 7.54. The molecule has 0 atom stereocenters. The summed E-state index contributed by atoms with van der Waals surface area (Å²) in [5.74, 6) is -0.856. The molecule has 2 aromatic rings. The highest BCUT2D eigenvalue weighted by molar-refractivity contribution is 5.86. The molecule has 0 amide bonds. The number of phenols is 1. The lowest BCUT2D eigenvalue weighted by Crippen LogP contribution is -2.21. The number of halogens is 1. The monoisotopic (exact) mass is 331 g/mol. The Balaban J connectivity index is 2.26. The van der Waals surface area contributed by atoms with Crippen molar-refractivity contribution in [3.8, 4) is 5.75 Å². The zero-order valence-electron chi connectivity index (χ0n) is 13.4. The standard InChI is InChI=1S/C17H18FN3O3/c1-3-20(4-2)14-7-5-12(17(22)10-14)11-19-13-6-8-15(18)16(9-13)21(23)24/h5-11,22H,3-4H2,1-2H3. The van der Waals surface area contributed by atoms with Gasteiger partial charge in [0.05, 0.1) is 10.6 Å². The number of aliphatic imine (C=N–C) groups is 1. The predicted molar refractivity (Wildman–Crippen MR) is 92.0 cm³/mol. The molecule has 2 aromatic carbocycles. The van der Waals surface area contributed by atoms with Crippen LogP contribution in [-0.4, -0.2) is 29.3 Å². The van der Waals surface area contributed by atoms with E-state index in [1.165, 1.54) is 12.3 Å². The molecule has 0 aliphatic heterocycles. The first kappa shape index (κ1) is 17.4. The summed E-state index contributed by atoms with van der Waals surface area (Å²) in [6.07, 6.45) is 1.39. The molecule has 0 aliphatic rings. The van der Waals surface area contributed by atoms with Crippen molar-refractivity contribution in [3.63, 3.8) is 0 Å². The van der Waals surface area contributed by atoms with E-state index < -0.39 is 16.4 Å². The lowest BCUT2D eigenvalue weighted by Gasteiger charge is -2.21. The quantitative estimate of drug-likeness (QED) is 0.492. The number of rotatable bonds is 6. The lowest BCUT2D eigenvalue weighted by atomic mass is 10.1. The molecule has 0 saturated carbocycles. The van der Waals surface area contributed by atoms with E-state index in [1.807, 2.05) is 19.9 Å². The molecular formula is C17H18FN3O3. The lowest BCUT2D eigenvalue weighted by molar-refractivity contribution is -0.387. The molecule has 0 unspecified atom stereocenters. The Hall–Kier alpha value is -2.96. The van der Waals surface area contributed by atoms with Crippen LogP contribution in [0, 0.1) is 15.9 Å². The van der Waals surface area contributed by atoms with Gasteiger partial charge in [-0.15, -0.1) is 0 Å². The number of phenolic OH excluding ortho intramolecular Hbond substituents is 1. The molecule has 0 radical (unpaired) electrons. The van der Waals surface area contributed by atoms with Gasteiger partial charge in [0.25, 0.3) is 0 Å². The van der Waals surface area contributed by atoms with Crippen molar-refractivity contribution in [2.75, 3.05) is 18.0 Å². The highest BCUT2D eigenvalue weighted by Crippen LogP contribution is 2.26. The fourth-order valence-corrected chi connectivity index (χ4v) is 2.29. The number of nitro groups is 1. The Labute approximate surface area is 139 Å². The van der Waals surface area contributed by atoms with Crippen LogP contribution >= 0.6 is 0 Å². The van der Waals surface area contributed by atoms with Gasteiger partial charge >= 0.3 is 5.69 Å². The predicted octanol–water partition coefficient (Wildman–Crippen LogP) is 4.04. The average Bonchev–Trinajstić information content (AvgIpc) is 2.56. The molecular weight excluding hydrogens is 313 g/mol. The Kier molecular flexibility index (Phi) is 5.47. The Morgan fingerprint density at radius 2 is 1.96 bits per heavy atom. The molecule has 24 heavy (non-hydrogen) atoms. The van der Waals surface area contributed by atoms with Gasteiger partial charge in [-0.3, -0.25) is 15.1 Å². The normalized spacial score (nSPS) is 11.0. The molecule has 0 saturated heterocycles. The van der Waals surface area contributed by atoms with Crippen LogP contribution in [-0.2, 0) is 0 Å². The largest absolute Gasteiger partial charge is 0.507 e. The summed E-state index contributed by atoms with van der Waals surface area (Å²) in [6, 6.07) is 8.59. The van der Waals surface area contributed by atoms with E-state index >= 15 is 0 Å². The smallest absolute Gasteiger partial charge is 0.306 e. The van der Waals surface area contributed by atoms with E-state index in [9.17, 15) is 19.6 Å². The van der Waals surface area contributed by atoms with Gasteiger partial charge in [0.1, 0.15) is 5.75 Å². The Morgan fingerprint density at radius 3 is 2.54 bits per heavy atom. The molecule has 2 rings (SSSR count). The third-order valence-electron chi connectivity index (χ3n) is 3.62. The second-order valence-electron chi connectivity index (χ2n) is 5.07. The number of hydrogen-bond donors (Lipinski definition) is 1. The number of nitrogens with zero attached hydrogens (tertiary/aromatic N) is 3. The first-order valence-electron chi connectivity index (χ1n) is 7.52. The third-order valence-corrected chi connectivity index (χ3v) is 3.62. The molecule has 0 heterocycles. The van der Waals surface area contributed by atoms with Gasteiger partial charge in [0.2, 0.25) is 5.82 Å². The van der Waals surface area contributed by atoms with Gasteiger partial charge in [0, 0.05) is 42.7 Å². The minimum absolute atomic E-state index is 0.0553. The van der Waals surface area contributed by atoms with Gasteiger partial charge in [-0.25, -0.2) is 0 Å². The van der Waals surface area contributed by atoms with Gasteiger partial charge in [-0.05, 0) is 38.1 Å². The zero-order chi connectivity index (χ0) is 17.7. The fourth-order valence-electron chi connectivity index (χ4n) is 2.29. The molecule has 6 nitrogen and oxygen atoms in total. The first-order valence-corrected chi connectivity index (χ1v) is 7.52. The van der Waals surface area contributed by atoms with Gasteiger partial charge in [-0.1, -0.05) is 0 Å². The Morgan fingerprint density at radius 1 is 1.25 bits per heavy atom. The van der Waals surface area contributed by atoms with E-state index in [0.717, 1.165) is 30.9 Å². The molecule has 0 bridgehead atoms. The Bertz CT molecular complexity index is 774. The van der Waals surface area contributed by atoms with Crippen LogP contribution < -0.4 is 4.90 Å². The summed E-state index contributed by atoms with van der Waals surface area (Å²) in [7, 11) is 0. The van der Waals surface area contributed by atoms with Crippen LogP contribution in [0.5, 0.6) is 5.75 Å². The maximum atomic E-state index is 13.3. The fraction of sp³-hybridized carbons (Fsp3) is 0.235. The van der Waals surface area contributed by atoms with Crippen LogP contribution in [0.2, 0.25) is 0 Å². The molecule has 126 valence electrons. The highest BCUT2D eigenvalue weighted by Gasteiger charge is 2.14. The van der Waals surface area contributed by atoms with E-state index in [-0.39, 0.29) is 11.4 Å². The summed E-state index contributed by atoms with van der Waals surface area (Å²) >= 11 is 0. The topological polar surface area (TPSA) is 79.0 Å². The van der Waals surface area contributed by atoms with E-state index in [2.05, 4.69) is 9.89 Å². The molecule has 0 aromatic heterocycles. The van der Waals surface area contributed by atoms with Gasteiger partial charge < -0.3 is 10.0 Å². The highest BCUT2D eigenvalue weighted by atomic mass is 19.1. The summed E-state index contributed by atoms with van der Waals surface area (Å²) < 4.78 is 13.3. The van der Waals surface area contributed by atoms with Crippen LogP contribution in [0.15, 0.2) is 41.4 Å². The first-order chi connectivity index (χ1) is 11.5. The molecule has 1 N–H and O–H groups in total. The van der Waals surface area contributed by atoms with Crippen LogP contribution in [0.1, 0.15) is 19.4 Å². The molecule has 0 fully saturated rings. The van der Waals surface area contributed by atoms with Crippen molar-refractivity contribution in [2.45, 2.75) is 13.8 Å². The summed E-state index contributed by atoms with van der Waals surface area (Å²) in [5.41, 5.74) is 0.964. The molecule has 0 spiro atoms. The van der Waals surface area contributed by atoms with Gasteiger partial charge in [-0.2, -0.15) is 4.39 Å². The SMILES string of the molecule is CCN(CC)c1ccc(C=Nc2ccc(F)c([N+](=O)[O-])c2)c(O)c1. The number of aromatic hydroxyl groups is 1. The van der Waals surface area contributed by atoms with E-state index in [0.29, 0.717) is 5.56 Å². The van der Waals surface area contributed by atoms with Crippen molar-refractivity contribution in [3.05, 3.63) is 57.9 Å². The van der Waals surface area contributed by atoms with E-state index in [1.54, 1.807) is 12.1 Å². The minimum Gasteiger partial charge on any atom is -0.507 e.